The van der Waals surface area contributed by atoms with Gasteiger partial charge in [-0.05, 0) is 61.1 Å². The van der Waals surface area contributed by atoms with Crippen LogP contribution in [0.4, 0.5) is 0 Å². The van der Waals surface area contributed by atoms with Gasteiger partial charge < -0.3 is 54.1 Å². The number of carbonyl (C=O) groups excluding carboxylic acids is 2. The fourth-order valence-electron chi connectivity index (χ4n) is 7.70. The zero-order valence-electron chi connectivity index (χ0n) is 30.7. The number of nitrogens with zero attached hydrogens (tertiary/aromatic N) is 1. The van der Waals surface area contributed by atoms with E-state index in [2.05, 4.69) is 0 Å². The lowest BCUT2D eigenvalue weighted by Gasteiger charge is -2.46. The Morgan fingerprint density at radius 3 is 2.04 bits per heavy atom. The van der Waals surface area contributed by atoms with Crippen molar-refractivity contribution < 1.29 is 58.8 Å². The summed E-state index contributed by atoms with van der Waals surface area (Å²) in [5.74, 6) is -4.65. The molecule has 0 aliphatic carbocycles. The number of rotatable bonds is 6. The molecule has 3 aliphatic heterocycles. The molecule has 0 aromatic rings. The van der Waals surface area contributed by atoms with E-state index in [4.69, 9.17) is 23.7 Å². The standard InChI is InChI=1S/C35H63NO12/c1-12-25-18(4)28(39)19(5)27(38)16(2)13-24(37)31(48-34-29(40)23(36(10)11)14-17(3)44-34)20(6)30(21(7)33(42)46-25)47-26-15-35(9,43)32(41)22(8)45-26/h16-26,28-32,34,37,39-41,43H,12-15H2,1-11H3/t16-,17+,18-,19+,20+,21-,22-,23-,24-,25-,26-,28+,29+,30+,31-,32-,34-,35+/m1/s1. The van der Waals surface area contributed by atoms with Crippen molar-refractivity contribution in [2.75, 3.05) is 14.1 Å². The van der Waals surface area contributed by atoms with E-state index >= 15 is 0 Å². The normalized spacial score (nSPS) is 49.0. The summed E-state index contributed by atoms with van der Waals surface area (Å²) in [6, 6.07) is -0.299. The summed E-state index contributed by atoms with van der Waals surface area (Å²) in [6.45, 7) is 15.3. The van der Waals surface area contributed by atoms with E-state index in [1.54, 1.807) is 41.5 Å². The molecule has 0 saturated carbocycles. The molecule has 5 N–H and O–H groups in total. The molecule has 0 spiro atoms. The Labute approximate surface area is 286 Å². The van der Waals surface area contributed by atoms with Crippen LogP contribution in [-0.2, 0) is 33.3 Å². The predicted molar refractivity (Wildman–Crippen MR) is 175 cm³/mol. The Bertz CT molecular complexity index is 1060. The van der Waals surface area contributed by atoms with Crippen molar-refractivity contribution in [3.63, 3.8) is 0 Å². The highest BCUT2D eigenvalue weighted by atomic mass is 16.7. The number of ether oxygens (including phenoxy) is 5. The summed E-state index contributed by atoms with van der Waals surface area (Å²) < 4.78 is 31.0. The smallest absolute Gasteiger partial charge is 0.311 e. The molecule has 0 radical (unpaired) electrons. The summed E-state index contributed by atoms with van der Waals surface area (Å²) in [5.41, 5.74) is -1.55. The van der Waals surface area contributed by atoms with Crippen LogP contribution in [0, 0.1) is 29.6 Å². The Morgan fingerprint density at radius 2 is 1.48 bits per heavy atom. The third kappa shape index (κ3) is 9.34. The maximum atomic E-state index is 13.9. The topological polar surface area (TPSA) is 185 Å². The van der Waals surface area contributed by atoms with Crippen LogP contribution in [0.1, 0.15) is 88.0 Å². The number of cyclic esters (lactones) is 1. The molecule has 18 atom stereocenters. The van der Waals surface area contributed by atoms with Gasteiger partial charge in [-0.3, -0.25) is 9.59 Å². The van der Waals surface area contributed by atoms with Crippen molar-refractivity contribution >= 4 is 11.8 Å². The zero-order valence-corrected chi connectivity index (χ0v) is 30.7. The number of hydrogen-bond donors (Lipinski definition) is 5. The van der Waals surface area contributed by atoms with Crippen molar-refractivity contribution in [1.82, 2.24) is 4.90 Å². The molecule has 0 amide bonds. The minimum Gasteiger partial charge on any atom is -0.462 e. The first-order chi connectivity index (χ1) is 22.2. The van der Waals surface area contributed by atoms with Gasteiger partial charge in [-0.1, -0.05) is 34.6 Å². The molecule has 280 valence electrons. The third-order valence-corrected chi connectivity index (χ3v) is 11.0. The van der Waals surface area contributed by atoms with Gasteiger partial charge in [-0.2, -0.15) is 0 Å². The van der Waals surface area contributed by atoms with Crippen molar-refractivity contribution in [3.05, 3.63) is 0 Å². The fraction of sp³-hybridized carbons (Fsp3) is 0.943. The third-order valence-electron chi connectivity index (χ3n) is 11.0. The van der Waals surface area contributed by atoms with Crippen LogP contribution in [-0.4, -0.2) is 135 Å². The summed E-state index contributed by atoms with van der Waals surface area (Å²) >= 11 is 0. The molecular formula is C35H63NO12. The van der Waals surface area contributed by atoms with Crippen LogP contribution in [0.3, 0.4) is 0 Å². The molecule has 3 fully saturated rings. The minimum absolute atomic E-state index is 0.0324. The maximum Gasteiger partial charge on any atom is 0.311 e. The molecule has 3 aliphatic rings. The maximum absolute atomic E-state index is 13.9. The molecule has 3 saturated heterocycles. The van der Waals surface area contributed by atoms with E-state index in [1.807, 2.05) is 32.8 Å². The molecule has 48 heavy (non-hydrogen) atoms. The van der Waals surface area contributed by atoms with Gasteiger partial charge in [0.1, 0.15) is 24.1 Å². The van der Waals surface area contributed by atoms with Gasteiger partial charge in [0.15, 0.2) is 12.6 Å². The predicted octanol–water partition coefficient (Wildman–Crippen LogP) is 1.63. The average Bonchev–Trinajstić information content (AvgIpc) is 3.01. The average molecular weight is 690 g/mol. The number of esters is 1. The van der Waals surface area contributed by atoms with E-state index in [-0.39, 0.29) is 30.8 Å². The molecule has 0 unspecified atom stereocenters. The van der Waals surface area contributed by atoms with Crippen molar-refractivity contribution in [3.8, 4) is 0 Å². The van der Waals surface area contributed by atoms with Gasteiger partial charge in [-0.25, -0.2) is 0 Å². The largest absolute Gasteiger partial charge is 0.462 e. The van der Waals surface area contributed by atoms with E-state index in [9.17, 15) is 35.1 Å². The number of ketones is 1. The summed E-state index contributed by atoms with van der Waals surface area (Å²) in [6.07, 6.45) is -9.95. The molecular weight excluding hydrogens is 626 g/mol. The molecule has 0 aromatic heterocycles. The first-order valence-electron chi connectivity index (χ1n) is 17.7. The molecule has 3 heterocycles. The van der Waals surface area contributed by atoms with Gasteiger partial charge >= 0.3 is 5.97 Å². The van der Waals surface area contributed by atoms with Crippen LogP contribution in [0.2, 0.25) is 0 Å². The Hall–Kier alpha value is -1.26. The highest BCUT2D eigenvalue weighted by molar-refractivity contribution is 5.83. The zero-order chi connectivity index (χ0) is 36.4. The first kappa shape index (κ1) is 41.2. The number of likely N-dealkylation sites (N-methyl/N-ethyl adjacent to an activating group) is 1. The van der Waals surface area contributed by atoms with E-state index < -0.39 is 103 Å². The number of aliphatic hydroxyl groups is 5. The minimum atomic E-state index is -1.55. The summed E-state index contributed by atoms with van der Waals surface area (Å²) in [4.78, 5) is 29.4. The van der Waals surface area contributed by atoms with Crippen LogP contribution < -0.4 is 0 Å². The van der Waals surface area contributed by atoms with Crippen LogP contribution >= 0.6 is 0 Å². The number of hydrogen-bond acceptors (Lipinski definition) is 13. The fourth-order valence-corrected chi connectivity index (χ4v) is 7.70. The first-order valence-corrected chi connectivity index (χ1v) is 17.7. The number of aliphatic hydroxyl groups excluding tert-OH is 4. The lowest BCUT2D eigenvalue weighted by atomic mass is 9.79. The Morgan fingerprint density at radius 1 is 0.854 bits per heavy atom. The van der Waals surface area contributed by atoms with Crippen molar-refractivity contribution in [1.29, 1.82) is 0 Å². The van der Waals surface area contributed by atoms with Crippen LogP contribution in [0.15, 0.2) is 0 Å². The lowest BCUT2D eigenvalue weighted by molar-refractivity contribution is -0.309. The second-order valence-corrected chi connectivity index (χ2v) is 15.3. The Balaban J connectivity index is 2.09. The number of Topliss-reactive ketones (excluding diaryl/α,β-unsaturated/α-hetero) is 1. The van der Waals surface area contributed by atoms with Gasteiger partial charge in [0, 0.05) is 36.1 Å². The molecule has 3 rings (SSSR count). The van der Waals surface area contributed by atoms with Gasteiger partial charge in [0.25, 0.3) is 0 Å². The van der Waals surface area contributed by atoms with Crippen LogP contribution in [0.25, 0.3) is 0 Å². The second-order valence-electron chi connectivity index (χ2n) is 15.3. The number of carbonyl (C=O) groups is 2. The van der Waals surface area contributed by atoms with E-state index in [1.165, 1.54) is 6.92 Å². The highest BCUT2D eigenvalue weighted by Gasteiger charge is 2.49. The summed E-state index contributed by atoms with van der Waals surface area (Å²) in [5, 5.41) is 55.9. The second kappa shape index (κ2) is 16.8. The van der Waals surface area contributed by atoms with Gasteiger partial charge in [0.2, 0.25) is 0 Å². The summed E-state index contributed by atoms with van der Waals surface area (Å²) in [7, 11) is 3.70. The van der Waals surface area contributed by atoms with Crippen LogP contribution in [0.5, 0.6) is 0 Å². The molecule has 13 nitrogen and oxygen atoms in total. The van der Waals surface area contributed by atoms with Crippen molar-refractivity contribution in [2.45, 2.75) is 167 Å². The quantitative estimate of drug-likeness (QED) is 0.254. The van der Waals surface area contributed by atoms with E-state index in [0.717, 1.165) is 0 Å². The van der Waals surface area contributed by atoms with E-state index in [0.29, 0.717) is 12.8 Å². The highest BCUT2D eigenvalue weighted by Crippen LogP contribution is 2.37. The molecule has 0 bridgehead atoms. The van der Waals surface area contributed by atoms with Gasteiger partial charge in [0.05, 0.1) is 48.1 Å². The monoisotopic (exact) mass is 689 g/mol. The molecule has 13 heteroatoms. The lowest BCUT2D eigenvalue weighted by Crippen LogP contribution is -2.58. The van der Waals surface area contributed by atoms with Gasteiger partial charge in [-0.15, -0.1) is 0 Å². The Kier molecular flexibility index (Phi) is 14.4. The van der Waals surface area contributed by atoms with Crippen molar-refractivity contribution in [2.24, 2.45) is 29.6 Å². The SMILES string of the molecule is CC[C@H]1OC(=O)[C@H](C)[C@@H](O[C@@H]2C[C@](C)(O)[C@H](O)[C@@H](C)O2)[C@H](C)[C@@H](O[C@H]2O[C@@H](C)C[C@@H](N(C)C)[C@@H]2O)[C@H](O)C[C@@H](C)C(=O)[C@H](C)[C@@H](O)[C@@H]1C. The molecule has 0 aromatic carbocycles.